The molecule has 1 saturated heterocycles. The minimum atomic E-state index is -3.93. The number of aryl methyl sites for hydroxylation is 1. The van der Waals surface area contributed by atoms with Gasteiger partial charge in [0.05, 0.1) is 11.4 Å². The molecule has 0 saturated carbocycles. The Labute approximate surface area is 174 Å². The van der Waals surface area contributed by atoms with Crippen LogP contribution in [-0.2, 0) is 14.8 Å². The van der Waals surface area contributed by atoms with E-state index in [9.17, 15) is 22.0 Å². The van der Waals surface area contributed by atoms with Gasteiger partial charge in [0.15, 0.2) is 11.6 Å². The summed E-state index contributed by atoms with van der Waals surface area (Å²) in [6, 6.07) is 10.1. The van der Waals surface area contributed by atoms with E-state index in [4.69, 9.17) is 4.74 Å². The van der Waals surface area contributed by atoms with Gasteiger partial charge in [0, 0.05) is 19.0 Å². The van der Waals surface area contributed by atoms with Crippen LogP contribution in [0, 0.1) is 24.5 Å². The number of nitrogens with zero attached hydrogens (tertiary/aromatic N) is 1. The second-order valence-electron chi connectivity index (χ2n) is 7.21. The maximum atomic E-state index is 13.4. The highest BCUT2D eigenvalue weighted by Gasteiger charge is 2.32. The third-order valence-electron chi connectivity index (χ3n) is 5.01. The fourth-order valence-corrected chi connectivity index (χ4v) is 4.82. The number of hydrogen-bond acceptors (Lipinski definition) is 4. The molecule has 30 heavy (non-hydrogen) atoms. The summed E-state index contributed by atoms with van der Waals surface area (Å²) < 4.78 is 58.5. The molecule has 6 nitrogen and oxygen atoms in total. The number of sulfonamides is 1. The maximum Gasteiger partial charge on any atom is 0.243 e. The van der Waals surface area contributed by atoms with Crippen LogP contribution in [-0.4, -0.2) is 44.9 Å². The number of rotatable bonds is 7. The van der Waals surface area contributed by atoms with Crippen molar-refractivity contribution in [1.82, 2.24) is 9.62 Å². The van der Waals surface area contributed by atoms with E-state index in [-0.39, 0.29) is 29.8 Å². The summed E-state index contributed by atoms with van der Waals surface area (Å²) in [7, 11) is -3.93. The fraction of sp³-hybridized carbons (Fsp3) is 0.381. The smallest absolute Gasteiger partial charge is 0.243 e. The predicted molar refractivity (Wildman–Crippen MR) is 108 cm³/mol. The highest BCUT2D eigenvalue weighted by atomic mass is 32.2. The summed E-state index contributed by atoms with van der Waals surface area (Å²) in [4.78, 5) is 12.1. The van der Waals surface area contributed by atoms with Gasteiger partial charge in [-0.05, 0) is 55.7 Å². The summed E-state index contributed by atoms with van der Waals surface area (Å²) in [6.07, 6.45) is 0.709. The number of hydrogen-bond donors (Lipinski definition) is 1. The number of carbonyl (C=O) groups excluding carboxylic acids is 1. The van der Waals surface area contributed by atoms with Crippen molar-refractivity contribution in [3.8, 4) is 5.75 Å². The van der Waals surface area contributed by atoms with Crippen LogP contribution in [0.5, 0.6) is 5.75 Å². The molecule has 0 radical (unpaired) electrons. The zero-order valence-electron chi connectivity index (χ0n) is 16.6. The first-order chi connectivity index (χ1) is 14.3. The zero-order valence-corrected chi connectivity index (χ0v) is 17.4. The zero-order chi connectivity index (χ0) is 21.7. The lowest BCUT2D eigenvalue weighted by atomic mass is 9.97. The summed E-state index contributed by atoms with van der Waals surface area (Å²) in [5.41, 5.74) is 1.08. The van der Waals surface area contributed by atoms with Crippen LogP contribution < -0.4 is 10.1 Å². The van der Waals surface area contributed by atoms with Crippen LogP contribution in [0.4, 0.5) is 8.78 Å². The van der Waals surface area contributed by atoms with Gasteiger partial charge >= 0.3 is 0 Å². The SMILES string of the molecule is Cc1cccc(OCCNC(=O)C2CCN(S(=O)(=O)c3ccc(F)c(F)c3)CC2)c1. The largest absolute Gasteiger partial charge is 0.492 e. The van der Waals surface area contributed by atoms with E-state index >= 15 is 0 Å². The van der Waals surface area contributed by atoms with Gasteiger partial charge in [0.1, 0.15) is 12.4 Å². The summed E-state index contributed by atoms with van der Waals surface area (Å²) in [5.74, 6) is -2.03. The molecule has 2 aromatic rings. The van der Waals surface area contributed by atoms with Crippen molar-refractivity contribution in [3.63, 3.8) is 0 Å². The second kappa shape index (κ2) is 9.53. The van der Waals surface area contributed by atoms with Crippen LogP contribution in [0.15, 0.2) is 47.4 Å². The quantitative estimate of drug-likeness (QED) is 0.675. The monoisotopic (exact) mass is 438 g/mol. The Bertz CT molecular complexity index is 1010. The lowest BCUT2D eigenvalue weighted by Gasteiger charge is -2.30. The number of piperidine rings is 1. The number of ether oxygens (including phenoxy) is 1. The molecule has 0 aromatic heterocycles. The highest BCUT2D eigenvalue weighted by molar-refractivity contribution is 7.89. The van der Waals surface area contributed by atoms with Crippen molar-refractivity contribution in [2.24, 2.45) is 5.92 Å². The van der Waals surface area contributed by atoms with E-state index < -0.39 is 21.7 Å². The minimum Gasteiger partial charge on any atom is -0.492 e. The molecule has 1 fully saturated rings. The molecule has 1 aliphatic heterocycles. The number of amides is 1. The molecule has 0 aliphatic carbocycles. The molecule has 162 valence electrons. The summed E-state index contributed by atoms with van der Waals surface area (Å²) in [6.45, 7) is 2.92. The normalized spacial score (nSPS) is 15.7. The van der Waals surface area contributed by atoms with Gasteiger partial charge in [-0.15, -0.1) is 0 Å². The van der Waals surface area contributed by atoms with Crippen molar-refractivity contribution < 1.29 is 26.7 Å². The second-order valence-corrected chi connectivity index (χ2v) is 9.15. The molecule has 1 N–H and O–H groups in total. The molecule has 9 heteroatoms. The lowest BCUT2D eigenvalue weighted by Crippen LogP contribution is -2.43. The molecule has 0 spiro atoms. The Hall–Kier alpha value is -2.52. The Morgan fingerprint density at radius 1 is 1.13 bits per heavy atom. The molecule has 1 aliphatic rings. The topological polar surface area (TPSA) is 75.7 Å². The Kier molecular flexibility index (Phi) is 7.04. The molecule has 3 rings (SSSR count). The Balaban J connectivity index is 1.46. The van der Waals surface area contributed by atoms with Crippen molar-refractivity contribution in [3.05, 3.63) is 59.7 Å². The van der Waals surface area contributed by atoms with Crippen molar-refractivity contribution in [2.75, 3.05) is 26.2 Å². The molecule has 0 bridgehead atoms. The summed E-state index contributed by atoms with van der Waals surface area (Å²) in [5, 5.41) is 2.81. The van der Waals surface area contributed by atoms with Crippen LogP contribution >= 0.6 is 0 Å². The van der Waals surface area contributed by atoms with Gasteiger partial charge < -0.3 is 10.1 Å². The average Bonchev–Trinajstić information content (AvgIpc) is 2.73. The van der Waals surface area contributed by atoms with Crippen LogP contribution in [0.1, 0.15) is 18.4 Å². The molecule has 0 unspecified atom stereocenters. The fourth-order valence-electron chi connectivity index (χ4n) is 3.34. The summed E-state index contributed by atoms with van der Waals surface area (Å²) >= 11 is 0. The van der Waals surface area contributed by atoms with E-state index in [1.165, 1.54) is 4.31 Å². The van der Waals surface area contributed by atoms with E-state index in [0.717, 1.165) is 23.4 Å². The number of nitrogens with one attached hydrogen (secondary N) is 1. The van der Waals surface area contributed by atoms with Gasteiger partial charge in [-0.3, -0.25) is 4.79 Å². The van der Waals surface area contributed by atoms with Gasteiger partial charge in [0.2, 0.25) is 15.9 Å². The van der Waals surface area contributed by atoms with Gasteiger partial charge in [-0.25, -0.2) is 17.2 Å². The van der Waals surface area contributed by atoms with Crippen molar-refractivity contribution in [1.29, 1.82) is 0 Å². The third-order valence-corrected chi connectivity index (χ3v) is 6.91. The molecule has 1 amide bonds. The van der Waals surface area contributed by atoms with E-state index in [1.54, 1.807) is 0 Å². The first-order valence-electron chi connectivity index (χ1n) is 9.70. The van der Waals surface area contributed by atoms with E-state index in [2.05, 4.69) is 5.32 Å². The maximum absolute atomic E-state index is 13.4. The first kappa shape index (κ1) is 22.2. The van der Waals surface area contributed by atoms with Gasteiger partial charge in [-0.1, -0.05) is 12.1 Å². The Morgan fingerprint density at radius 3 is 2.53 bits per heavy atom. The van der Waals surface area contributed by atoms with E-state index in [0.29, 0.717) is 32.1 Å². The van der Waals surface area contributed by atoms with Crippen LogP contribution in [0.2, 0.25) is 0 Å². The number of carbonyl (C=O) groups is 1. The molecule has 0 atom stereocenters. The van der Waals surface area contributed by atoms with Crippen LogP contribution in [0.25, 0.3) is 0 Å². The van der Waals surface area contributed by atoms with Crippen molar-refractivity contribution in [2.45, 2.75) is 24.7 Å². The van der Waals surface area contributed by atoms with Crippen molar-refractivity contribution >= 4 is 15.9 Å². The predicted octanol–water partition coefficient (Wildman–Crippen LogP) is 2.87. The van der Waals surface area contributed by atoms with E-state index in [1.807, 2.05) is 31.2 Å². The molecule has 2 aromatic carbocycles. The first-order valence-corrected chi connectivity index (χ1v) is 11.1. The molecular weight excluding hydrogens is 414 g/mol. The number of halogens is 2. The van der Waals surface area contributed by atoms with Crippen LogP contribution in [0.3, 0.4) is 0 Å². The minimum absolute atomic E-state index is 0.138. The third kappa shape index (κ3) is 5.34. The van der Waals surface area contributed by atoms with Gasteiger partial charge in [0.25, 0.3) is 0 Å². The number of benzene rings is 2. The molecular formula is C21H24F2N2O4S. The molecule has 1 heterocycles. The average molecular weight is 438 g/mol. The Morgan fingerprint density at radius 2 is 1.87 bits per heavy atom. The highest BCUT2D eigenvalue weighted by Crippen LogP contribution is 2.25. The lowest BCUT2D eigenvalue weighted by molar-refractivity contribution is -0.126. The standard InChI is InChI=1S/C21H24F2N2O4S/c1-15-3-2-4-17(13-15)29-12-9-24-21(26)16-7-10-25(11-8-16)30(27,28)18-5-6-19(22)20(23)14-18/h2-6,13-14,16H,7-12H2,1H3,(H,24,26). The van der Waals surface area contributed by atoms with Gasteiger partial charge in [-0.2, -0.15) is 4.31 Å².